The average molecular weight is 368 g/mol. The van der Waals surface area contributed by atoms with E-state index in [1.807, 2.05) is 18.2 Å². The van der Waals surface area contributed by atoms with Gasteiger partial charge < -0.3 is 14.8 Å². The SMILES string of the molecule is O=C(NCC1(c2ccccc2)CCOCC1)C1COCCN1CC(F)F. The van der Waals surface area contributed by atoms with Crippen molar-refractivity contribution in [2.24, 2.45) is 0 Å². The maximum Gasteiger partial charge on any atom is 0.251 e. The molecule has 26 heavy (non-hydrogen) atoms. The first-order valence-electron chi connectivity index (χ1n) is 9.12. The van der Waals surface area contributed by atoms with Crippen LogP contribution in [0.3, 0.4) is 0 Å². The molecule has 7 heteroatoms. The van der Waals surface area contributed by atoms with Crippen molar-refractivity contribution in [3.8, 4) is 0 Å². The van der Waals surface area contributed by atoms with Gasteiger partial charge in [0.15, 0.2) is 0 Å². The lowest BCUT2D eigenvalue weighted by molar-refractivity contribution is -0.134. The number of amides is 1. The molecule has 0 bridgehead atoms. The summed E-state index contributed by atoms with van der Waals surface area (Å²) in [5.74, 6) is -0.243. The molecule has 1 atom stereocenters. The van der Waals surface area contributed by atoms with Crippen LogP contribution in [0.25, 0.3) is 0 Å². The summed E-state index contributed by atoms with van der Waals surface area (Å²) in [6, 6.07) is 9.44. The molecular formula is C19H26F2N2O3. The first-order chi connectivity index (χ1) is 12.6. The zero-order valence-electron chi connectivity index (χ0n) is 14.8. The van der Waals surface area contributed by atoms with Crippen LogP contribution in [0.4, 0.5) is 8.78 Å². The fourth-order valence-corrected chi connectivity index (χ4v) is 3.77. The van der Waals surface area contributed by atoms with Crippen LogP contribution in [-0.4, -0.2) is 69.3 Å². The second-order valence-electron chi connectivity index (χ2n) is 6.95. The van der Waals surface area contributed by atoms with Crippen molar-refractivity contribution in [3.63, 3.8) is 0 Å². The number of nitrogens with zero attached hydrogens (tertiary/aromatic N) is 1. The molecule has 144 valence electrons. The average Bonchev–Trinajstić information content (AvgIpc) is 2.67. The highest BCUT2D eigenvalue weighted by atomic mass is 19.3. The van der Waals surface area contributed by atoms with Crippen molar-refractivity contribution in [1.29, 1.82) is 0 Å². The van der Waals surface area contributed by atoms with Crippen molar-refractivity contribution in [1.82, 2.24) is 10.2 Å². The van der Waals surface area contributed by atoms with E-state index in [4.69, 9.17) is 9.47 Å². The molecule has 2 fully saturated rings. The quantitative estimate of drug-likeness (QED) is 0.832. The van der Waals surface area contributed by atoms with Crippen LogP contribution in [0.15, 0.2) is 30.3 Å². The first-order valence-corrected chi connectivity index (χ1v) is 9.12. The Morgan fingerprint density at radius 1 is 1.19 bits per heavy atom. The van der Waals surface area contributed by atoms with Gasteiger partial charge in [0, 0.05) is 31.7 Å². The molecule has 2 saturated heterocycles. The minimum Gasteiger partial charge on any atom is -0.381 e. The molecule has 3 rings (SSSR count). The zero-order chi connectivity index (χ0) is 18.4. The predicted octanol–water partition coefficient (Wildman–Crippen LogP) is 1.82. The van der Waals surface area contributed by atoms with E-state index >= 15 is 0 Å². The van der Waals surface area contributed by atoms with Crippen LogP contribution < -0.4 is 5.32 Å². The molecule has 2 heterocycles. The summed E-state index contributed by atoms with van der Waals surface area (Å²) in [6.45, 7) is 2.24. The molecule has 1 aromatic carbocycles. The van der Waals surface area contributed by atoms with E-state index in [2.05, 4.69) is 17.4 Å². The number of alkyl halides is 2. The highest BCUT2D eigenvalue weighted by Gasteiger charge is 2.37. The second kappa shape index (κ2) is 8.88. The van der Waals surface area contributed by atoms with Gasteiger partial charge in [-0.3, -0.25) is 9.69 Å². The van der Waals surface area contributed by atoms with Gasteiger partial charge in [0.05, 0.1) is 19.8 Å². The van der Waals surface area contributed by atoms with Crippen LogP contribution in [0.2, 0.25) is 0 Å². The maximum atomic E-state index is 12.8. The van der Waals surface area contributed by atoms with Crippen molar-refractivity contribution < 1.29 is 23.0 Å². The third-order valence-electron chi connectivity index (χ3n) is 5.35. The van der Waals surface area contributed by atoms with Gasteiger partial charge in [-0.25, -0.2) is 8.78 Å². The van der Waals surface area contributed by atoms with E-state index in [1.165, 1.54) is 10.5 Å². The Hall–Kier alpha value is -1.57. The van der Waals surface area contributed by atoms with Crippen molar-refractivity contribution in [3.05, 3.63) is 35.9 Å². The molecule has 0 spiro atoms. The molecule has 1 aromatic rings. The van der Waals surface area contributed by atoms with Gasteiger partial charge in [0.2, 0.25) is 5.91 Å². The number of carbonyl (C=O) groups is 1. The fraction of sp³-hybridized carbons (Fsp3) is 0.632. The Labute approximate surface area is 152 Å². The van der Waals surface area contributed by atoms with Crippen LogP contribution in [0, 0.1) is 0 Å². The second-order valence-corrected chi connectivity index (χ2v) is 6.95. The van der Waals surface area contributed by atoms with E-state index in [0.29, 0.717) is 32.9 Å². The molecule has 5 nitrogen and oxygen atoms in total. The van der Waals surface area contributed by atoms with Crippen molar-refractivity contribution in [2.75, 3.05) is 46.1 Å². The molecule has 0 radical (unpaired) electrons. The molecule has 1 amide bonds. The van der Waals surface area contributed by atoms with Crippen LogP contribution >= 0.6 is 0 Å². The largest absolute Gasteiger partial charge is 0.381 e. The lowest BCUT2D eigenvalue weighted by atomic mass is 9.74. The van der Waals surface area contributed by atoms with Gasteiger partial charge in [-0.15, -0.1) is 0 Å². The molecule has 1 N–H and O–H groups in total. The highest BCUT2D eigenvalue weighted by Crippen LogP contribution is 2.34. The lowest BCUT2D eigenvalue weighted by Gasteiger charge is -2.39. The third kappa shape index (κ3) is 4.58. The van der Waals surface area contributed by atoms with E-state index in [9.17, 15) is 13.6 Å². The van der Waals surface area contributed by atoms with E-state index in [1.54, 1.807) is 0 Å². The zero-order valence-corrected chi connectivity index (χ0v) is 14.8. The Kier molecular flexibility index (Phi) is 6.56. The molecular weight excluding hydrogens is 342 g/mol. The standard InChI is InChI=1S/C19H26F2N2O3/c20-17(21)12-23-8-11-26-13-16(23)18(24)22-14-19(6-9-25-10-7-19)15-4-2-1-3-5-15/h1-5,16-17H,6-14H2,(H,22,24). The minimum atomic E-state index is -2.46. The number of hydrogen-bond acceptors (Lipinski definition) is 4. The molecule has 0 aromatic heterocycles. The smallest absolute Gasteiger partial charge is 0.251 e. The Morgan fingerprint density at radius 3 is 2.62 bits per heavy atom. The Morgan fingerprint density at radius 2 is 1.92 bits per heavy atom. The fourth-order valence-electron chi connectivity index (χ4n) is 3.77. The van der Waals surface area contributed by atoms with Gasteiger partial charge in [0.1, 0.15) is 6.04 Å². The number of hydrogen-bond donors (Lipinski definition) is 1. The molecule has 0 aliphatic carbocycles. The normalized spacial score (nSPS) is 23.7. The number of nitrogens with one attached hydrogen (secondary N) is 1. The molecule has 2 aliphatic heterocycles. The summed E-state index contributed by atoms with van der Waals surface area (Å²) in [7, 11) is 0. The Bertz CT molecular complexity index is 579. The van der Waals surface area contributed by atoms with Crippen LogP contribution in [0.5, 0.6) is 0 Å². The summed E-state index contributed by atoms with van der Waals surface area (Å²) >= 11 is 0. The number of morpholine rings is 1. The van der Waals surface area contributed by atoms with E-state index in [-0.39, 0.29) is 17.9 Å². The minimum absolute atomic E-state index is 0.153. The molecule has 1 unspecified atom stereocenters. The summed E-state index contributed by atoms with van der Waals surface area (Å²) in [6.07, 6.45) is -0.826. The van der Waals surface area contributed by atoms with Crippen molar-refractivity contribution in [2.45, 2.75) is 30.7 Å². The summed E-state index contributed by atoms with van der Waals surface area (Å²) in [5, 5.41) is 3.00. The third-order valence-corrected chi connectivity index (χ3v) is 5.35. The number of carbonyl (C=O) groups excluding carboxylic acids is 1. The van der Waals surface area contributed by atoms with Crippen molar-refractivity contribution >= 4 is 5.91 Å². The van der Waals surface area contributed by atoms with Gasteiger partial charge in [0.25, 0.3) is 6.43 Å². The summed E-state index contributed by atoms with van der Waals surface area (Å²) in [5.41, 5.74) is 0.992. The monoisotopic (exact) mass is 368 g/mol. The molecule has 0 saturated carbocycles. The Balaban J connectivity index is 1.67. The molecule has 2 aliphatic rings. The van der Waals surface area contributed by atoms with Crippen LogP contribution in [-0.2, 0) is 19.7 Å². The number of halogens is 2. The first kappa shape index (κ1) is 19.2. The number of ether oxygens (including phenoxy) is 2. The van der Waals surface area contributed by atoms with Gasteiger partial charge in [-0.05, 0) is 18.4 Å². The van der Waals surface area contributed by atoms with Gasteiger partial charge >= 0.3 is 0 Å². The summed E-state index contributed by atoms with van der Waals surface area (Å²) in [4.78, 5) is 14.2. The number of rotatable bonds is 6. The lowest BCUT2D eigenvalue weighted by Crippen LogP contribution is -2.56. The van der Waals surface area contributed by atoms with Crippen LogP contribution in [0.1, 0.15) is 18.4 Å². The van der Waals surface area contributed by atoms with E-state index < -0.39 is 19.0 Å². The van der Waals surface area contributed by atoms with E-state index in [0.717, 1.165) is 12.8 Å². The number of benzene rings is 1. The highest BCUT2D eigenvalue weighted by molar-refractivity contribution is 5.82. The predicted molar refractivity (Wildman–Crippen MR) is 93.4 cm³/mol. The van der Waals surface area contributed by atoms with Gasteiger partial charge in [-0.1, -0.05) is 30.3 Å². The maximum absolute atomic E-state index is 12.8. The summed E-state index contributed by atoms with van der Waals surface area (Å²) < 4.78 is 36.4. The topological polar surface area (TPSA) is 50.8 Å². The van der Waals surface area contributed by atoms with Gasteiger partial charge in [-0.2, -0.15) is 0 Å².